The summed E-state index contributed by atoms with van der Waals surface area (Å²) in [7, 11) is 1.66. The molecule has 0 bridgehead atoms. The van der Waals surface area contributed by atoms with Gasteiger partial charge in [-0.3, -0.25) is 0 Å². The molecule has 0 atom stereocenters. The molecule has 2 aromatic rings. The Hall–Kier alpha value is -1.33. The van der Waals surface area contributed by atoms with Crippen molar-refractivity contribution in [2.75, 3.05) is 7.11 Å². The Morgan fingerprint density at radius 3 is 2.84 bits per heavy atom. The highest BCUT2D eigenvalue weighted by atomic mass is 79.9. The molecule has 0 saturated carbocycles. The smallest absolute Gasteiger partial charge is 0.208 e. The van der Waals surface area contributed by atoms with Crippen molar-refractivity contribution >= 4 is 15.9 Å². The molecule has 0 amide bonds. The first-order chi connectivity index (χ1) is 9.22. The zero-order valence-electron chi connectivity index (χ0n) is 11.1. The van der Waals surface area contributed by atoms with Gasteiger partial charge in [-0.1, -0.05) is 13.0 Å². The Labute approximate surface area is 121 Å². The number of ether oxygens (including phenoxy) is 1. The van der Waals surface area contributed by atoms with Crippen LogP contribution in [0.25, 0.3) is 0 Å². The van der Waals surface area contributed by atoms with Crippen molar-refractivity contribution in [2.24, 2.45) is 0 Å². The lowest BCUT2D eigenvalue weighted by Gasteiger charge is -2.06. The number of methoxy groups -OCH3 is 1. The van der Waals surface area contributed by atoms with Crippen molar-refractivity contribution < 1.29 is 9.15 Å². The second-order valence-electron chi connectivity index (χ2n) is 4.15. The van der Waals surface area contributed by atoms with Gasteiger partial charge in [-0.2, -0.15) is 0 Å². The van der Waals surface area contributed by atoms with E-state index in [4.69, 9.17) is 9.15 Å². The van der Waals surface area contributed by atoms with Crippen LogP contribution in [-0.2, 0) is 19.5 Å². The highest BCUT2D eigenvalue weighted by Crippen LogP contribution is 2.25. The lowest BCUT2D eigenvalue weighted by molar-refractivity contribution is 0.411. The van der Waals surface area contributed by atoms with E-state index in [1.165, 1.54) is 5.56 Å². The van der Waals surface area contributed by atoms with Crippen molar-refractivity contribution in [3.05, 3.63) is 46.1 Å². The fourth-order valence-corrected chi connectivity index (χ4v) is 2.31. The Bertz CT molecular complexity index is 540. The summed E-state index contributed by atoms with van der Waals surface area (Å²) in [6.07, 6.45) is 2.65. The minimum atomic E-state index is 0.629. The number of hydrogen-bond donors (Lipinski definition) is 1. The van der Waals surface area contributed by atoms with Gasteiger partial charge in [0.05, 0.1) is 24.3 Å². The normalized spacial score (nSPS) is 10.7. The van der Waals surface area contributed by atoms with E-state index in [2.05, 4.69) is 26.2 Å². The number of nitrogens with one attached hydrogen (secondary N) is 1. The van der Waals surface area contributed by atoms with Crippen LogP contribution in [0, 0.1) is 0 Å². The van der Waals surface area contributed by atoms with Crippen molar-refractivity contribution in [1.29, 1.82) is 0 Å². The van der Waals surface area contributed by atoms with Gasteiger partial charge in [-0.25, -0.2) is 4.98 Å². The minimum absolute atomic E-state index is 0.629. The maximum absolute atomic E-state index is 5.53. The number of oxazole rings is 1. The molecule has 0 radical (unpaired) electrons. The molecule has 5 heteroatoms. The fraction of sp³-hybridized carbons (Fsp3) is 0.357. The number of nitrogens with zero attached hydrogens (tertiary/aromatic N) is 1. The van der Waals surface area contributed by atoms with Gasteiger partial charge in [0.25, 0.3) is 0 Å². The number of aryl methyl sites for hydroxylation is 1. The molecular weight excluding hydrogens is 308 g/mol. The number of hydrogen-bond acceptors (Lipinski definition) is 4. The Kier molecular flexibility index (Phi) is 4.99. The molecule has 0 saturated heterocycles. The summed E-state index contributed by atoms with van der Waals surface area (Å²) in [5.41, 5.74) is 1.18. The summed E-state index contributed by atoms with van der Waals surface area (Å²) < 4.78 is 11.7. The first-order valence-corrected chi connectivity index (χ1v) is 6.99. The van der Waals surface area contributed by atoms with Gasteiger partial charge in [0, 0.05) is 13.0 Å². The van der Waals surface area contributed by atoms with E-state index in [1.807, 2.05) is 25.1 Å². The zero-order valence-corrected chi connectivity index (χ0v) is 12.7. The molecule has 102 valence electrons. The Morgan fingerprint density at radius 2 is 2.21 bits per heavy atom. The molecule has 1 aromatic carbocycles. The molecule has 1 heterocycles. The molecule has 0 unspecified atom stereocenters. The van der Waals surface area contributed by atoms with Crippen molar-refractivity contribution in [1.82, 2.24) is 10.3 Å². The number of halogens is 1. The molecule has 0 spiro atoms. The first kappa shape index (κ1) is 14.1. The van der Waals surface area contributed by atoms with E-state index in [0.717, 1.165) is 34.8 Å². The second-order valence-corrected chi connectivity index (χ2v) is 5.00. The van der Waals surface area contributed by atoms with Crippen LogP contribution < -0.4 is 10.1 Å². The molecule has 0 aliphatic carbocycles. The molecule has 0 aliphatic rings. The van der Waals surface area contributed by atoms with Gasteiger partial charge in [0.15, 0.2) is 0 Å². The lowest BCUT2D eigenvalue weighted by Crippen LogP contribution is -2.12. The summed E-state index contributed by atoms with van der Waals surface area (Å²) in [5.74, 6) is 2.48. The molecule has 4 nitrogen and oxygen atoms in total. The topological polar surface area (TPSA) is 47.3 Å². The molecule has 0 fully saturated rings. The zero-order chi connectivity index (χ0) is 13.7. The summed E-state index contributed by atoms with van der Waals surface area (Å²) in [6, 6.07) is 6.02. The average molecular weight is 325 g/mol. The van der Waals surface area contributed by atoms with Crippen molar-refractivity contribution in [3.8, 4) is 5.75 Å². The van der Waals surface area contributed by atoms with Crippen LogP contribution >= 0.6 is 15.9 Å². The van der Waals surface area contributed by atoms with E-state index in [-0.39, 0.29) is 0 Å². The van der Waals surface area contributed by atoms with Gasteiger partial charge in [0.1, 0.15) is 11.5 Å². The second kappa shape index (κ2) is 6.73. The quantitative estimate of drug-likeness (QED) is 0.885. The predicted molar refractivity (Wildman–Crippen MR) is 77.1 cm³/mol. The third-order valence-electron chi connectivity index (χ3n) is 2.77. The Morgan fingerprint density at radius 1 is 1.37 bits per heavy atom. The van der Waals surface area contributed by atoms with Crippen LogP contribution in [0.2, 0.25) is 0 Å². The third kappa shape index (κ3) is 3.81. The predicted octanol–water partition coefficient (Wildman–Crippen LogP) is 3.30. The molecular formula is C14H17BrN2O2. The minimum Gasteiger partial charge on any atom is -0.496 e. The highest BCUT2D eigenvalue weighted by molar-refractivity contribution is 9.10. The maximum Gasteiger partial charge on any atom is 0.208 e. The van der Waals surface area contributed by atoms with Gasteiger partial charge in [-0.15, -0.1) is 0 Å². The van der Waals surface area contributed by atoms with Crippen LogP contribution in [0.5, 0.6) is 5.75 Å². The lowest BCUT2D eigenvalue weighted by atomic mass is 10.2. The number of rotatable bonds is 6. The standard InChI is InChI=1S/C14H17BrN2O2/c1-3-11-8-17-14(19-11)9-16-7-10-4-5-13(18-2)12(15)6-10/h4-6,8,16H,3,7,9H2,1-2H3. The molecule has 1 aromatic heterocycles. The van der Waals surface area contributed by atoms with Gasteiger partial charge < -0.3 is 14.5 Å². The van der Waals surface area contributed by atoms with E-state index < -0.39 is 0 Å². The van der Waals surface area contributed by atoms with Crippen LogP contribution in [0.4, 0.5) is 0 Å². The fourth-order valence-electron chi connectivity index (χ4n) is 1.73. The van der Waals surface area contributed by atoms with Crippen molar-refractivity contribution in [3.63, 3.8) is 0 Å². The average Bonchev–Trinajstić information content (AvgIpc) is 2.87. The monoisotopic (exact) mass is 324 g/mol. The Balaban J connectivity index is 1.87. The third-order valence-corrected chi connectivity index (χ3v) is 3.39. The van der Waals surface area contributed by atoms with Crippen molar-refractivity contribution in [2.45, 2.75) is 26.4 Å². The molecule has 2 rings (SSSR count). The largest absolute Gasteiger partial charge is 0.496 e. The van der Waals surface area contributed by atoms with Crippen LogP contribution in [0.3, 0.4) is 0 Å². The van der Waals surface area contributed by atoms with Gasteiger partial charge >= 0.3 is 0 Å². The highest BCUT2D eigenvalue weighted by Gasteiger charge is 2.03. The van der Waals surface area contributed by atoms with Gasteiger partial charge in [0.2, 0.25) is 5.89 Å². The van der Waals surface area contributed by atoms with Crippen LogP contribution in [0.1, 0.15) is 24.1 Å². The maximum atomic E-state index is 5.53. The molecule has 19 heavy (non-hydrogen) atoms. The van der Waals surface area contributed by atoms with E-state index in [0.29, 0.717) is 6.54 Å². The van der Waals surface area contributed by atoms with E-state index >= 15 is 0 Å². The van der Waals surface area contributed by atoms with Crippen LogP contribution in [0.15, 0.2) is 33.3 Å². The summed E-state index contributed by atoms with van der Waals surface area (Å²) in [5, 5.41) is 3.30. The van der Waals surface area contributed by atoms with E-state index in [1.54, 1.807) is 13.3 Å². The summed E-state index contributed by atoms with van der Waals surface area (Å²) in [6.45, 7) is 3.43. The first-order valence-electron chi connectivity index (χ1n) is 6.19. The van der Waals surface area contributed by atoms with E-state index in [9.17, 15) is 0 Å². The number of aromatic nitrogens is 1. The molecule has 0 aliphatic heterocycles. The SMILES string of the molecule is CCc1cnc(CNCc2ccc(OC)c(Br)c2)o1. The summed E-state index contributed by atoms with van der Waals surface area (Å²) >= 11 is 3.47. The van der Waals surface area contributed by atoms with Crippen LogP contribution in [-0.4, -0.2) is 12.1 Å². The number of benzene rings is 1. The van der Waals surface area contributed by atoms with Gasteiger partial charge in [-0.05, 0) is 33.6 Å². The summed E-state index contributed by atoms with van der Waals surface area (Å²) in [4.78, 5) is 4.20. The molecule has 1 N–H and O–H groups in total.